The summed E-state index contributed by atoms with van der Waals surface area (Å²) in [5, 5.41) is 5.38. The second kappa shape index (κ2) is 6.03. The predicted molar refractivity (Wildman–Crippen MR) is 99.9 cm³/mol. The summed E-state index contributed by atoms with van der Waals surface area (Å²) in [6.07, 6.45) is 9.57. The summed E-state index contributed by atoms with van der Waals surface area (Å²) in [5.41, 5.74) is 3.91. The Kier molecular flexibility index (Phi) is 3.53. The van der Waals surface area contributed by atoms with E-state index in [-0.39, 0.29) is 0 Å². The SMILES string of the molecule is CO[C@H]1C[C@@H](Nc2ncc3c(-c4ccc5ncncc5c4)c[nH]c3n2)C1. The third-order valence-corrected chi connectivity index (χ3v) is 5.01. The summed E-state index contributed by atoms with van der Waals surface area (Å²) in [6, 6.07) is 6.53. The van der Waals surface area contributed by atoms with Gasteiger partial charge in [0.2, 0.25) is 5.95 Å². The molecule has 7 heteroatoms. The highest BCUT2D eigenvalue weighted by atomic mass is 16.5. The van der Waals surface area contributed by atoms with Gasteiger partial charge in [0.1, 0.15) is 12.0 Å². The van der Waals surface area contributed by atoms with E-state index in [1.807, 2.05) is 24.7 Å². The minimum atomic E-state index is 0.352. The molecule has 0 unspecified atom stereocenters. The molecular formula is C19H18N6O. The zero-order valence-electron chi connectivity index (χ0n) is 14.3. The first kappa shape index (κ1) is 15.2. The van der Waals surface area contributed by atoms with Gasteiger partial charge in [-0.3, -0.25) is 0 Å². The number of anilines is 1. The first-order valence-corrected chi connectivity index (χ1v) is 8.64. The van der Waals surface area contributed by atoms with Crippen molar-refractivity contribution in [1.82, 2.24) is 24.9 Å². The number of rotatable bonds is 4. The van der Waals surface area contributed by atoms with E-state index < -0.39 is 0 Å². The average Bonchev–Trinajstić information content (AvgIpc) is 3.07. The van der Waals surface area contributed by atoms with Gasteiger partial charge in [-0.2, -0.15) is 4.98 Å². The lowest BCUT2D eigenvalue weighted by molar-refractivity contribution is 0.0327. The molecule has 1 aromatic carbocycles. The fraction of sp³-hybridized carbons (Fsp3) is 0.263. The van der Waals surface area contributed by atoms with Crippen LogP contribution < -0.4 is 5.32 Å². The molecule has 3 aromatic heterocycles. The lowest BCUT2D eigenvalue weighted by atomic mass is 9.89. The topological polar surface area (TPSA) is 88.6 Å². The lowest BCUT2D eigenvalue weighted by Crippen LogP contribution is -2.40. The highest BCUT2D eigenvalue weighted by molar-refractivity contribution is 5.96. The molecular weight excluding hydrogens is 328 g/mol. The summed E-state index contributed by atoms with van der Waals surface area (Å²) >= 11 is 0. The predicted octanol–water partition coefficient (Wildman–Crippen LogP) is 3.16. The molecule has 130 valence electrons. The molecule has 1 aliphatic rings. The fourth-order valence-corrected chi connectivity index (χ4v) is 3.43. The van der Waals surface area contributed by atoms with Gasteiger partial charge in [0.25, 0.3) is 0 Å². The molecule has 4 aromatic rings. The number of nitrogens with one attached hydrogen (secondary N) is 2. The van der Waals surface area contributed by atoms with Crippen molar-refractivity contribution in [3.05, 3.63) is 43.1 Å². The molecule has 3 heterocycles. The standard InChI is InChI=1S/C19H18N6O/c1-26-14-5-13(6-14)24-19-22-9-16-15(8-21-18(16)25-19)11-2-3-17-12(4-11)7-20-10-23-17/h2-4,7-10,13-14H,5-6H2,1H3,(H2,21,22,24,25)/t13-,14+. The van der Waals surface area contributed by atoms with Crippen molar-refractivity contribution in [2.75, 3.05) is 12.4 Å². The molecule has 1 fully saturated rings. The number of methoxy groups -OCH3 is 1. The number of hydrogen-bond acceptors (Lipinski definition) is 6. The fourth-order valence-electron chi connectivity index (χ4n) is 3.43. The van der Waals surface area contributed by atoms with Crippen LogP contribution in [0.4, 0.5) is 5.95 Å². The number of ether oxygens (including phenoxy) is 1. The Labute approximate surface area is 149 Å². The third kappa shape index (κ3) is 2.57. The third-order valence-electron chi connectivity index (χ3n) is 5.01. The largest absolute Gasteiger partial charge is 0.381 e. The molecule has 2 N–H and O–H groups in total. The van der Waals surface area contributed by atoms with Gasteiger partial charge in [-0.1, -0.05) is 6.07 Å². The molecule has 0 radical (unpaired) electrons. The maximum absolute atomic E-state index is 5.31. The number of H-pyrrole nitrogens is 1. The van der Waals surface area contributed by atoms with Crippen molar-refractivity contribution < 1.29 is 4.74 Å². The monoisotopic (exact) mass is 346 g/mol. The Hall–Kier alpha value is -3.06. The van der Waals surface area contributed by atoms with E-state index in [1.54, 1.807) is 13.4 Å². The van der Waals surface area contributed by atoms with Crippen LogP contribution in [0.1, 0.15) is 12.8 Å². The van der Waals surface area contributed by atoms with Gasteiger partial charge in [0, 0.05) is 48.1 Å². The van der Waals surface area contributed by atoms with Crippen LogP contribution in [-0.2, 0) is 4.74 Å². The van der Waals surface area contributed by atoms with Crippen LogP contribution in [0.5, 0.6) is 0 Å². The molecule has 5 rings (SSSR count). The Morgan fingerprint density at radius 3 is 3.00 bits per heavy atom. The summed E-state index contributed by atoms with van der Waals surface area (Å²) in [5.74, 6) is 0.650. The normalized spacial score (nSPS) is 19.6. The highest BCUT2D eigenvalue weighted by Crippen LogP contribution is 2.30. The van der Waals surface area contributed by atoms with E-state index >= 15 is 0 Å². The van der Waals surface area contributed by atoms with Crippen molar-refractivity contribution in [2.24, 2.45) is 0 Å². The van der Waals surface area contributed by atoms with Crippen molar-refractivity contribution in [1.29, 1.82) is 0 Å². The minimum Gasteiger partial charge on any atom is -0.381 e. The summed E-state index contributed by atoms with van der Waals surface area (Å²) in [4.78, 5) is 20.7. The number of nitrogens with zero attached hydrogens (tertiary/aromatic N) is 4. The minimum absolute atomic E-state index is 0.352. The zero-order valence-corrected chi connectivity index (χ0v) is 14.3. The molecule has 1 saturated carbocycles. The smallest absolute Gasteiger partial charge is 0.224 e. The quantitative estimate of drug-likeness (QED) is 0.590. The van der Waals surface area contributed by atoms with Gasteiger partial charge in [-0.05, 0) is 30.5 Å². The van der Waals surface area contributed by atoms with Crippen molar-refractivity contribution in [3.63, 3.8) is 0 Å². The Morgan fingerprint density at radius 1 is 1.19 bits per heavy atom. The molecule has 7 nitrogen and oxygen atoms in total. The number of aromatic amines is 1. The molecule has 0 aliphatic heterocycles. The number of fused-ring (bicyclic) bond motifs is 2. The van der Waals surface area contributed by atoms with E-state index in [0.717, 1.165) is 45.9 Å². The maximum Gasteiger partial charge on any atom is 0.224 e. The van der Waals surface area contributed by atoms with Crippen LogP contribution in [0.3, 0.4) is 0 Å². The van der Waals surface area contributed by atoms with Crippen LogP contribution in [0, 0.1) is 0 Å². The molecule has 26 heavy (non-hydrogen) atoms. The van der Waals surface area contributed by atoms with Crippen LogP contribution in [0.15, 0.2) is 43.1 Å². The number of benzene rings is 1. The van der Waals surface area contributed by atoms with Crippen molar-refractivity contribution in [3.8, 4) is 11.1 Å². The van der Waals surface area contributed by atoms with Gasteiger partial charge < -0.3 is 15.0 Å². The number of hydrogen-bond donors (Lipinski definition) is 2. The first-order valence-electron chi connectivity index (χ1n) is 8.64. The second-order valence-corrected chi connectivity index (χ2v) is 6.62. The Morgan fingerprint density at radius 2 is 2.12 bits per heavy atom. The van der Waals surface area contributed by atoms with Gasteiger partial charge in [0.05, 0.1) is 11.6 Å². The van der Waals surface area contributed by atoms with Gasteiger partial charge in [-0.15, -0.1) is 0 Å². The van der Waals surface area contributed by atoms with Crippen LogP contribution in [-0.4, -0.2) is 44.2 Å². The molecule has 0 saturated heterocycles. The van der Waals surface area contributed by atoms with E-state index in [4.69, 9.17) is 4.74 Å². The Bertz CT molecular complexity index is 1090. The second-order valence-electron chi connectivity index (χ2n) is 6.62. The van der Waals surface area contributed by atoms with E-state index in [9.17, 15) is 0 Å². The summed E-state index contributed by atoms with van der Waals surface area (Å²) in [7, 11) is 1.75. The van der Waals surface area contributed by atoms with Gasteiger partial charge >= 0.3 is 0 Å². The van der Waals surface area contributed by atoms with Crippen LogP contribution >= 0.6 is 0 Å². The van der Waals surface area contributed by atoms with Crippen LogP contribution in [0.25, 0.3) is 33.1 Å². The highest BCUT2D eigenvalue weighted by Gasteiger charge is 2.29. The molecule has 1 aliphatic carbocycles. The van der Waals surface area contributed by atoms with E-state index in [2.05, 4.69) is 42.4 Å². The summed E-state index contributed by atoms with van der Waals surface area (Å²) in [6.45, 7) is 0. The summed E-state index contributed by atoms with van der Waals surface area (Å²) < 4.78 is 5.31. The lowest BCUT2D eigenvalue weighted by Gasteiger charge is -2.34. The first-order chi connectivity index (χ1) is 12.8. The van der Waals surface area contributed by atoms with Crippen LogP contribution in [0.2, 0.25) is 0 Å². The van der Waals surface area contributed by atoms with E-state index in [0.29, 0.717) is 18.1 Å². The molecule has 0 amide bonds. The van der Waals surface area contributed by atoms with Crippen molar-refractivity contribution >= 4 is 27.9 Å². The molecule has 0 atom stereocenters. The molecule has 0 bridgehead atoms. The zero-order chi connectivity index (χ0) is 17.5. The van der Waals surface area contributed by atoms with Crippen molar-refractivity contribution in [2.45, 2.75) is 25.0 Å². The molecule has 0 spiro atoms. The average molecular weight is 346 g/mol. The number of aromatic nitrogens is 5. The maximum atomic E-state index is 5.31. The van der Waals surface area contributed by atoms with E-state index in [1.165, 1.54) is 0 Å². The Balaban J connectivity index is 1.45. The van der Waals surface area contributed by atoms with Gasteiger partial charge in [0.15, 0.2) is 0 Å². The van der Waals surface area contributed by atoms with Gasteiger partial charge in [-0.25, -0.2) is 15.0 Å².